The van der Waals surface area contributed by atoms with Crippen LogP contribution >= 0.6 is 11.6 Å². The molecule has 1 aliphatic heterocycles. The molecule has 0 amide bonds. The van der Waals surface area contributed by atoms with Crippen LogP contribution in [-0.4, -0.2) is 45.7 Å². The lowest BCUT2D eigenvalue weighted by Crippen LogP contribution is -2.46. The highest BCUT2D eigenvalue weighted by atomic mass is 35.5. The molecule has 3 heterocycles. The number of rotatable bonds is 3. The lowest BCUT2D eigenvalue weighted by molar-refractivity contribution is 0.646. The Morgan fingerprint density at radius 2 is 1.68 bits per heavy atom. The summed E-state index contributed by atoms with van der Waals surface area (Å²) >= 11 is 6.11. The van der Waals surface area contributed by atoms with E-state index in [9.17, 15) is 0 Å². The Morgan fingerprint density at radius 1 is 0.920 bits per heavy atom. The van der Waals surface area contributed by atoms with Crippen molar-refractivity contribution >= 4 is 23.1 Å². The van der Waals surface area contributed by atoms with Gasteiger partial charge in [-0.2, -0.15) is 0 Å². The molecule has 2 aromatic heterocycles. The predicted octanol–water partition coefficient (Wildman–Crippen LogP) is 2.95. The summed E-state index contributed by atoms with van der Waals surface area (Å²) in [5.74, 6) is 2.71. The van der Waals surface area contributed by atoms with Crippen molar-refractivity contribution in [3.63, 3.8) is 0 Å². The van der Waals surface area contributed by atoms with Gasteiger partial charge in [0.15, 0.2) is 0 Å². The van der Waals surface area contributed by atoms with E-state index in [0.717, 1.165) is 48.7 Å². The number of imidazole rings is 1. The average molecular weight is 355 g/mol. The Labute approximate surface area is 151 Å². The molecule has 128 valence electrons. The fourth-order valence-electron chi connectivity index (χ4n) is 3.13. The molecule has 4 rings (SSSR count). The molecular formula is C18H19ClN6. The molecule has 0 N–H and O–H groups in total. The van der Waals surface area contributed by atoms with Crippen molar-refractivity contribution in [3.05, 3.63) is 59.9 Å². The van der Waals surface area contributed by atoms with Gasteiger partial charge in [-0.15, -0.1) is 0 Å². The number of aromatic nitrogens is 4. The zero-order chi connectivity index (χ0) is 17.2. The van der Waals surface area contributed by atoms with Crippen LogP contribution in [0.5, 0.6) is 0 Å². The van der Waals surface area contributed by atoms with E-state index in [4.69, 9.17) is 11.6 Å². The van der Waals surface area contributed by atoms with Crippen molar-refractivity contribution < 1.29 is 0 Å². The molecule has 6 nitrogen and oxygen atoms in total. The zero-order valence-corrected chi connectivity index (χ0v) is 14.8. The van der Waals surface area contributed by atoms with Gasteiger partial charge < -0.3 is 9.80 Å². The highest BCUT2D eigenvalue weighted by molar-refractivity contribution is 6.30. The van der Waals surface area contributed by atoms with Gasteiger partial charge in [-0.3, -0.25) is 4.57 Å². The summed E-state index contributed by atoms with van der Waals surface area (Å²) in [4.78, 5) is 17.7. The Bertz CT molecular complexity index is 869. The van der Waals surface area contributed by atoms with Crippen LogP contribution in [0.25, 0.3) is 5.82 Å². The van der Waals surface area contributed by atoms with E-state index < -0.39 is 0 Å². The second-order valence-electron chi connectivity index (χ2n) is 6.03. The van der Waals surface area contributed by atoms with Gasteiger partial charge in [0.05, 0.1) is 0 Å². The van der Waals surface area contributed by atoms with Crippen molar-refractivity contribution in [2.75, 3.05) is 36.0 Å². The molecule has 7 heteroatoms. The highest BCUT2D eigenvalue weighted by Gasteiger charge is 2.19. The number of benzene rings is 1. The normalized spacial score (nSPS) is 14.8. The minimum Gasteiger partial charge on any atom is -0.368 e. The van der Waals surface area contributed by atoms with Crippen LogP contribution in [0.4, 0.5) is 11.5 Å². The molecule has 1 saturated heterocycles. The molecule has 0 spiro atoms. The molecule has 0 saturated carbocycles. The summed E-state index contributed by atoms with van der Waals surface area (Å²) in [5, 5.41) is 0.774. The lowest BCUT2D eigenvalue weighted by atomic mass is 10.2. The van der Waals surface area contributed by atoms with Crippen LogP contribution in [-0.2, 0) is 0 Å². The predicted molar refractivity (Wildman–Crippen MR) is 99.8 cm³/mol. The highest BCUT2D eigenvalue weighted by Crippen LogP contribution is 2.23. The fourth-order valence-corrected chi connectivity index (χ4v) is 3.31. The molecule has 0 aliphatic carbocycles. The minimum absolute atomic E-state index is 0.774. The topological polar surface area (TPSA) is 50.1 Å². The summed E-state index contributed by atoms with van der Waals surface area (Å²) in [5.41, 5.74) is 1.17. The smallest absolute Gasteiger partial charge is 0.143 e. The van der Waals surface area contributed by atoms with Crippen molar-refractivity contribution in [1.29, 1.82) is 0 Å². The molecule has 0 unspecified atom stereocenters. The standard InChI is InChI=1S/C18H19ClN6/c1-14-20-5-6-25(14)18-12-17(21-13-22-18)24-9-7-23(8-10-24)16-4-2-3-15(19)11-16/h2-6,11-13H,7-10H2,1H3. The number of aryl methyl sites for hydroxylation is 1. The van der Waals surface area contributed by atoms with Crippen LogP contribution in [0.2, 0.25) is 5.02 Å². The number of halogens is 1. The number of piperazine rings is 1. The largest absolute Gasteiger partial charge is 0.368 e. The first kappa shape index (κ1) is 15.9. The third-order valence-corrected chi connectivity index (χ3v) is 4.72. The van der Waals surface area contributed by atoms with Crippen molar-refractivity contribution in [2.24, 2.45) is 0 Å². The number of hydrogen-bond acceptors (Lipinski definition) is 5. The van der Waals surface area contributed by atoms with E-state index in [0.29, 0.717) is 0 Å². The van der Waals surface area contributed by atoms with Gasteiger partial charge in [-0.25, -0.2) is 15.0 Å². The lowest BCUT2D eigenvalue weighted by Gasteiger charge is -2.36. The Balaban J connectivity index is 1.49. The Morgan fingerprint density at radius 3 is 2.40 bits per heavy atom. The molecule has 1 fully saturated rings. The van der Waals surface area contributed by atoms with Crippen LogP contribution in [0.3, 0.4) is 0 Å². The second-order valence-corrected chi connectivity index (χ2v) is 6.47. The van der Waals surface area contributed by atoms with Gasteiger partial charge in [0.2, 0.25) is 0 Å². The molecule has 0 atom stereocenters. The number of nitrogens with zero attached hydrogens (tertiary/aromatic N) is 6. The minimum atomic E-state index is 0.774. The molecular weight excluding hydrogens is 336 g/mol. The van der Waals surface area contributed by atoms with Crippen molar-refractivity contribution in [2.45, 2.75) is 6.92 Å². The van der Waals surface area contributed by atoms with Crippen LogP contribution in [0.15, 0.2) is 49.1 Å². The maximum Gasteiger partial charge on any atom is 0.143 e. The molecule has 0 radical (unpaired) electrons. The molecule has 0 bridgehead atoms. The fraction of sp³-hybridized carbons (Fsp3) is 0.278. The van der Waals surface area contributed by atoms with E-state index in [1.54, 1.807) is 12.5 Å². The molecule has 1 aliphatic rings. The summed E-state index contributed by atoms with van der Waals surface area (Å²) in [6.45, 7) is 5.65. The van der Waals surface area contributed by atoms with Gasteiger partial charge in [0.1, 0.15) is 23.8 Å². The molecule has 3 aromatic rings. The van der Waals surface area contributed by atoms with E-state index in [1.165, 1.54) is 5.69 Å². The van der Waals surface area contributed by atoms with Gasteiger partial charge in [0, 0.05) is 55.3 Å². The van der Waals surface area contributed by atoms with Gasteiger partial charge in [0.25, 0.3) is 0 Å². The third-order valence-electron chi connectivity index (χ3n) is 4.49. The van der Waals surface area contributed by atoms with Gasteiger partial charge in [-0.1, -0.05) is 17.7 Å². The quantitative estimate of drug-likeness (QED) is 0.723. The Hall–Kier alpha value is -2.60. The van der Waals surface area contributed by atoms with Crippen molar-refractivity contribution in [1.82, 2.24) is 19.5 Å². The molecule has 1 aromatic carbocycles. The summed E-state index contributed by atoms with van der Waals surface area (Å²) in [6, 6.07) is 10.0. The Kier molecular flexibility index (Phi) is 4.28. The van der Waals surface area contributed by atoms with E-state index in [1.807, 2.05) is 42.0 Å². The van der Waals surface area contributed by atoms with Gasteiger partial charge >= 0.3 is 0 Å². The summed E-state index contributed by atoms with van der Waals surface area (Å²) in [6.07, 6.45) is 5.31. The second kappa shape index (κ2) is 6.72. The number of hydrogen-bond donors (Lipinski definition) is 0. The van der Waals surface area contributed by atoms with Gasteiger partial charge in [-0.05, 0) is 25.1 Å². The number of anilines is 2. The first-order chi connectivity index (χ1) is 12.2. The SMILES string of the molecule is Cc1nccn1-c1cc(N2CCN(c3cccc(Cl)c3)CC2)ncn1. The van der Waals surface area contributed by atoms with Crippen molar-refractivity contribution in [3.8, 4) is 5.82 Å². The van der Waals surface area contributed by atoms with Crippen LogP contribution in [0.1, 0.15) is 5.82 Å². The molecule has 25 heavy (non-hydrogen) atoms. The third kappa shape index (κ3) is 3.30. The maximum absolute atomic E-state index is 6.11. The summed E-state index contributed by atoms with van der Waals surface area (Å²) < 4.78 is 1.97. The zero-order valence-electron chi connectivity index (χ0n) is 14.0. The first-order valence-electron chi connectivity index (χ1n) is 8.28. The average Bonchev–Trinajstić information content (AvgIpc) is 3.08. The monoisotopic (exact) mass is 354 g/mol. The van der Waals surface area contributed by atoms with E-state index in [-0.39, 0.29) is 0 Å². The van der Waals surface area contributed by atoms with Crippen LogP contribution < -0.4 is 9.80 Å². The first-order valence-corrected chi connectivity index (χ1v) is 8.66. The summed E-state index contributed by atoms with van der Waals surface area (Å²) in [7, 11) is 0. The maximum atomic E-state index is 6.11. The van der Waals surface area contributed by atoms with Crippen LogP contribution in [0, 0.1) is 6.92 Å². The van der Waals surface area contributed by atoms with E-state index >= 15 is 0 Å². The van der Waals surface area contributed by atoms with E-state index in [2.05, 4.69) is 30.8 Å².